The molecule has 2 nitrogen and oxygen atoms in total. The van der Waals surface area contributed by atoms with Gasteiger partial charge in [-0.15, -0.1) is 0 Å². The third-order valence-electron chi connectivity index (χ3n) is 2.86. The van der Waals surface area contributed by atoms with Crippen LogP contribution >= 0.6 is 0 Å². The first-order valence-electron chi connectivity index (χ1n) is 6.01. The Hall–Kier alpha value is -1.15. The van der Waals surface area contributed by atoms with Crippen molar-refractivity contribution in [1.29, 1.82) is 0 Å². The lowest BCUT2D eigenvalue weighted by atomic mass is 9.83. The molecule has 1 aromatic carbocycles. The van der Waals surface area contributed by atoms with Gasteiger partial charge in [-0.3, -0.25) is 9.69 Å². The molecule has 1 aromatic rings. The van der Waals surface area contributed by atoms with Crippen molar-refractivity contribution in [3.05, 3.63) is 35.4 Å². The van der Waals surface area contributed by atoms with Gasteiger partial charge >= 0.3 is 0 Å². The number of carbonyl (C=O) groups is 1. The summed E-state index contributed by atoms with van der Waals surface area (Å²) in [4.78, 5) is 14.5. The van der Waals surface area contributed by atoms with Gasteiger partial charge < -0.3 is 0 Å². The Morgan fingerprint density at radius 3 is 2.24 bits per heavy atom. The second-order valence-electron chi connectivity index (χ2n) is 5.89. The van der Waals surface area contributed by atoms with Crippen molar-refractivity contribution in [1.82, 2.24) is 4.90 Å². The zero-order chi connectivity index (χ0) is 13.2. The quantitative estimate of drug-likeness (QED) is 0.799. The van der Waals surface area contributed by atoms with Crippen LogP contribution in [0.3, 0.4) is 0 Å². The number of aryl methyl sites for hydroxylation is 1. The van der Waals surface area contributed by atoms with Crippen LogP contribution in [0.2, 0.25) is 0 Å². The number of benzene rings is 1. The molecule has 0 aliphatic rings. The van der Waals surface area contributed by atoms with Crippen molar-refractivity contribution >= 4 is 5.78 Å². The summed E-state index contributed by atoms with van der Waals surface area (Å²) in [7, 11) is 3.91. The monoisotopic (exact) mass is 233 g/mol. The molecular weight excluding hydrogens is 210 g/mol. The molecule has 0 radical (unpaired) electrons. The lowest BCUT2D eigenvalue weighted by Gasteiger charge is -2.30. The predicted molar refractivity (Wildman–Crippen MR) is 72.1 cm³/mol. The third kappa shape index (κ3) is 3.40. The van der Waals surface area contributed by atoms with E-state index in [9.17, 15) is 4.79 Å². The van der Waals surface area contributed by atoms with Crippen LogP contribution in [0.25, 0.3) is 0 Å². The summed E-state index contributed by atoms with van der Waals surface area (Å²) in [6.07, 6.45) is 0. The second kappa shape index (κ2) is 5.01. The lowest BCUT2D eigenvalue weighted by Crippen LogP contribution is -2.35. The van der Waals surface area contributed by atoms with Crippen LogP contribution in [0, 0.1) is 12.3 Å². The number of Topliss-reactive ketones (excluding diaryl/α,β-unsaturated/α-hetero) is 1. The van der Waals surface area contributed by atoms with Gasteiger partial charge in [0.2, 0.25) is 0 Å². The largest absolute Gasteiger partial charge is 0.297 e. The van der Waals surface area contributed by atoms with Crippen LogP contribution in [-0.4, -0.2) is 24.8 Å². The van der Waals surface area contributed by atoms with Gasteiger partial charge in [0.05, 0.1) is 6.04 Å². The maximum absolute atomic E-state index is 12.5. The molecule has 0 aliphatic heterocycles. The molecule has 1 unspecified atom stereocenters. The first-order valence-corrected chi connectivity index (χ1v) is 6.01. The molecule has 0 aliphatic carbocycles. The molecule has 0 heterocycles. The Morgan fingerprint density at radius 1 is 1.24 bits per heavy atom. The minimum absolute atomic E-state index is 0.158. The zero-order valence-electron chi connectivity index (χ0n) is 11.7. The predicted octanol–water partition coefficient (Wildman–Crippen LogP) is 3.21. The Balaban J connectivity index is 3.15. The van der Waals surface area contributed by atoms with Crippen LogP contribution in [0.15, 0.2) is 24.3 Å². The van der Waals surface area contributed by atoms with Crippen molar-refractivity contribution in [3.8, 4) is 0 Å². The highest BCUT2D eigenvalue weighted by molar-refractivity contribution is 5.89. The highest BCUT2D eigenvalue weighted by Gasteiger charge is 2.32. The van der Waals surface area contributed by atoms with E-state index in [0.29, 0.717) is 0 Å². The molecule has 0 spiro atoms. The summed E-state index contributed by atoms with van der Waals surface area (Å²) in [6.45, 7) is 7.97. The number of carbonyl (C=O) groups excluding carboxylic acids is 1. The highest BCUT2D eigenvalue weighted by Crippen LogP contribution is 2.29. The molecule has 1 rings (SSSR count). The molecule has 0 fully saturated rings. The SMILES string of the molecule is Cc1cccc(C(C(=O)C(C)(C)C)N(C)C)c1. The molecule has 0 bridgehead atoms. The van der Waals surface area contributed by atoms with E-state index in [-0.39, 0.29) is 17.2 Å². The van der Waals surface area contributed by atoms with E-state index in [0.717, 1.165) is 5.56 Å². The van der Waals surface area contributed by atoms with Gasteiger partial charge in [0, 0.05) is 5.41 Å². The van der Waals surface area contributed by atoms with Gasteiger partial charge in [-0.1, -0.05) is 50.6 Å². The third-order valence-corrected chi connectivity index (χ3v) is 2.86. The fourth-order valence-electron chi connectivity index (χ4n) is 1.93. The van der Waals surface area contributed by atoms with Crippen molar-refractivity contribution < 1.29 is 4.79 Å². The van der Waals surface area contributed by atoms with E-state index in [4.69, 9.17) is 0 Å². The van der Waals surface area contributed by atoms with Gasteiger partial charge in [-0.25, -0.2) is 0 Å². The van der Waals surface area contributed by atoms with E-state index in [2.05, 4.69) is 19.1 Å². The van der Waals surface area contributed by atoms with Crippen LogP contribution in [0.5, 0.6) is 0 Å². The van der Waals surface area contributed by atoms with Crippen LogP contribution in [0.4, 0.5) is 0 Å². The van der Waals surface area contributed by atoms with E-state index >= 15 is 0 Å². The highest BCUT2D eigenvalue weighted by atomic mass is 16.1. The van der Waals surface area contributed by atoms with Gasteiger partial charge in [0.25, 0.3) is 0 Å². The van der Waals surface area contributed by atoms with E-state index < -0.39 is 0 Å². The minimum Gasteiger partial charge on any atom is -0.297 e. The molecule has 1 atom stereocenters. The fraction of sp³-hybridized carbons (Fsp3) is 0.533. The Kier molecular flexibility index (Phi) is 4.10. The first kappa shape index (κ1) is 13.9. The number of ketones is 1. The molecular formula is C15H23NO. The molecule has 0 amide bonds. The topological polar surface area (TPSA) is 20.3 Å². The lowest BCUT2D eigenvalue weighted by molar-refractivity contribution is -0.131. The van der Waals surface area contributed by atoms with Crippen LogP contribution in [-0.2, 0) is 4.79 Å². The smallest absolute Gasteiger partial charge is 0.159 e. The fourth-order valence-corrected chi connectivity index (χ4v) is 1.93. The Labute approximate surface area is 105 Å². The Morgan fingerprint density at radius 2 is 1.82 bits per heavy atom. The van der Waals surface area contributed by atoms with Crippen molar-refractivity contribution in [2.75, 3.05) is 14.1 Å². The second-order valence-corrected chi connectivity index (χ2v) is 5.89. The minimum atomic E-state index is -0.321. The molecule has 17 heavy (non-hydrogen) atoms. The maximum Gasteiger partial charge on any atom is 0.159 e. The zero-order valence-corrected chi connectivity index (χ0v) is 11.7. The summed E-state index contributed by atoms with van der Waals surface area (Å²) in [5.74, 6) is 0.258. The molecule has 0 saturated carbocycles. The van der Waals surface area contributed by atoms with E-state index in [1.54, 1.807) is 0 Å². The van der Waals surface area contributed by atoms with Crippen LogP contribution in [0.1, 0.15) is 37.9 Å². The normalized spacial score (nSPS) is 13.8. The number of hydrogen-bond acceptors (Lipinski definition) is 2. The van der Waals surface area contributed by atoms with E-state index in [1.807, 2.05) is 51.9 Å². The summed E-state index contributed by atoms with van der Waals surface area (Å²) in [5.41, 5.74) is 1.95. The molecule has 2 heteroatoms. The summed E-state index contributed by atoms with van der Waals surface area (Å²) >= 11 is 0. The molecule has 0 N–H and O–H groups in total. The summed E-state index contributed by atoms with van der Waals surface area (Å²) in [5, 5.41) is 0. The van der Waals surface area contributed by atoms with Crippen molar-refractivity contribution in [2.45, 2.75) is 33.7 Å². The van der Waals surface area contributed by atoms with Gasteiger partial charge in [0.15, 0.2) is 5.78 Å². The maximum atomic E-state index is 12.5. The number of likely N-dealkylation sites (N-methyl/N-ethyl adjacent to an activating group) is 1. The standard InChI is InChI=1S/C15H23NO/c1-11-8-7-9-12(10-11)13(16(5)6)14(17)15(2,3)4/h7-10,13H,1-6H3. The van der Waals surface area contributed by atoms with E-state index in [1.165, 1.54) is 5.56 Å². The summed E-state index contributed by atoms with van der Waals surface area (Å²) in [6, 6.07) is 8.03. The van der Waals surface area contributed by atoms with Gasteiger partial charge in [-0.2, -0.15) is 0 Å². The average Bonchev–Trinajstić information content (AvgIpc) is 2.15. The van der Waals surface area contributed by atoms with Crippen molar-refractivity contribution in [2.24, 2.45) is 5.41 Å². The van der Waals surface area contributed by atoms with Crippen molar-refractivity contribution in [3.63, 3.8) is 0 Å². The molecule has 94 valence electrons. The van der Waals surface area contributed by atoms with Gasteiger partial charge in [-0.05, 0) is 26.6 Å². The number of rotatable bonds is 3. The average molecular weight is 233 g/mol. The van der Waals surface area contributed by atoms with Crippen LogP contribution < -0.4 is 0 Å². The number of hydrogen-bond donors (Lipinski definition) is 0. The molecule has 0 saturated heterocycles. The first-order chi connectivity index (χ1) is 7.73. The Bertz CT molecular complexity index is 402. The summed E-state index contributed by atoms with van der Waals surface area (Å²) < 4.78 is 0. The number of nitrogens with zero attached hydrogens (tertiary/aromatic N) is 1. The molecule has 0 aromatic heterocycles. The van der Waals surface area contributed by atoms with Gasteiger partial charge in [0.1, 0.15) is 0 Å².